The van der Waals surface area contributed by atoms with Crippen molar-refractivity contribution in [2.75, 3.05) is 6.54 Å². The Hall–Kier alpha value is -0.820. The van der Waals surface area contributed by atoms with Gasteiger partial charge in [0.1, 0.15) is 0 Å². The van der Waals surface area contributed by atoms with E-state index >= 15 is 0 Å². The van der Waals surface area contributed by atoms with Crippen LogP contribution in [0.4, 0.5) is 4.79 Å². The van der Waals surface area contributed by atoms with Gasteiger partial charge in [0.25, 0.3) is 0 Å². The van der Waals surface area contributed by atoms with Gasteiger partial charge in [0.2, 0.25) is 0 Å². The molecule has 0 atom stereocenters. The van der Waals surface area contributed by atoms with Gasteiger partial charge in [0.05, 0.1) is 0 Å². The lowest BCUT2D eigenvalue weighted by Crippen LogP contribution is -2.30. The largest absolute Gasteiger partial charge is 0.421 e. The molecule has 0 unspecified atom stereocenters. The van der Waals surface area contributed by atoms with E-state index in [0.717, 1.165) is 0 Å². The number of carbonyl (C=O) groups excluding carboxylic acids is 1. The van der Waals surface area contributed by atoms with Crippen molar-refractivity contribution in [2.45, 2.75) is 6.92 Å². The number of nitrogens with one attached hydrogen (secondary N) is 1. The fourth-order valence-electron chi connectivity index (χ4n) is 0.314. The molecular weight excluding hydrogens is 160 g/mol. The molecule has 10 heavy (non-hydrogen) atoms. The van der Waals surface area contributed by atoms with Gasteiger partial charge < -0.3 is 9.92 Å². The first kappa shape index (κ1) is 9.18. The predicted octanol–water partition coefficient (Wildman–Crippen LogP) is -1.06. The standard InChI is InChI=1S/C3H8N2O4S/c1-2-5-10(7,8)9-3(4)6/h5H,2H2,1H3,(H2,4,6). The Kier molecular flexibility index (Phi) is 3.10. The topological polar surface area (TPSA) is 98.5 Å². The Bertz CT molecular complexity index is 209. The highest BCUT2D eigenvalue weighted by molar-refractivity contribution is 7.85. The number of amides is 1. The smallest absolute Gasteiger partial charge is 0.334 e. The molecule has 0 aromatic carbocycles. The van der Waals surface area contributed by atoms with Gasteiger partial charge in [-0.2, -0.15) is 13.1 Å². The molecule has 0 aliphatic rings. The van der Waals surface area contributed by atoms with Crippen LogP contribution in [0.15, 0.2) is 0 Å². The van der Waals surface area contributed by atoms with E-state index in [2.05, 4.69) is 9.92 Å². The molecule has 0 fully saturated rings. The third kappa shape index (κ3) is 4.10. The summed E-state index contributed by atoms with van der Waals surface area (Å²) in [5.41, 5.74) is 4.43. The van der Waals surface area contributed by atoms with Gasteiger partial charge >= 0.3 is 16.4 Å². The second-order valence-electron chi connectivity index (χ2n) is 1.35. The second kappa shape index (κ2) is 3.37. The van der Waals surface area contributed by atoms with Crippen LogP contribution in [0, 0.1) is 0 Å². The summed E-state index contributed by atoms with van der Waals surface area (Å²) in [6, 6.07) is 0. The van der Waals surface area contributed by atoms with E-state index in [4.69, 9.17) is 0 Å². The van der Waals surface area contributed by atoms with Crippen molar-refractivity contribution < 1.29 is 17.4 Å². The van der Waals surface area contributed by atoms with Gasteiger partial charge in [-0.15, -0.1) is 0 Å². The van der Waals surface area contributed by atoms with E-state index < -0.39 is 16.4 Å². The van der Waals surface area contributed by atoms with Crippen LogP contribution in [0.2, 0.25) is 0 Å². The minimum absolute atomic E-state index is 0.148. The molecule has 0 aliphatic carbocycles. The van der Waals surface area contributed by atoms with Crippen molar-refractivity contribution in [3.05, 3.63) is 0 Å². The van der Waals surface area contributed by atoms with Crippen molar-refractivity contribution >= 4 is 16.4 Å². The summed E-state index contributed by atoms with van der Waals surface area (Å²) in [7, 11) is -3.96. The molecule has 1 amide bonds. The van der Waals surface area contributed by atoms with E-state index in [1.54, 1.807) is 6.92 Å². The Balaban J connectivity index is 4.02. The third-order valence-corrected chi connectivity index (χ3v) is 1.54. The van der Waals surface area contributed by atoms with E-state index in [1.165, 1.54) is 0 Å². The average molecular weight is 168 g/mol. The molecular formula is C3H8N2O4S. The molecule has 0 saturated heterocycles. The van der Waals surface area contributed by atoms with Gasteiger partial charge in [-0.1, -0.05) is 6.92 Å². The van der Waals surface area contributed by atoms with E-state index in [0.29, 0.717) is 0 Å². The number of hydrogen-bond donors (Lipinski definition) is 2. The van der Waals surface area contributed by atoms with Gasteiger partial charge in [0.15, 0.2) is 0 Å². The van der Waals surface area contributed by atoms with Crippen LogP contribution in [0.25, 0.3) is 0 Å². The lowest BCUT2D eigenvalue weighted by atomic mass is 10.8. The quantitative estimate of drug-likeness (QED) is 0.560. The van der Waals surface area contributed by atoms with Crippen LogP contribution in [0.1, 0.15) is 6.92 Å². The van der Waals surface area contributed by atoms with Gasteiger partial charge in [-0.05, 0) is 0 Å². The summed E-state index contributed by atoms with van der Waals surface area (Å²) in [6.45, 7) is 1.69. The van der Waals surface area contributed by atoms with Crippen molar-refractivity contribution in [2.24, 2.45) is 5.73 Å². The first-order chi connectivity index (χ1) is 4.48. The monoisotopic (exact) mass is 168 g/mol. The second-order valence-corrected chi connectivity index (χ2v) is 2.72. The molecule has 0 aromatic rings. The average Bonchev–Trinajstić information content (AvgIpc) is 1.59. The molecule has 0 radical (unpaired) electrons. The van der Waals surface area contributed by atoms with Gasteiger partial charge in [-0.3, -0.25) is 0 Å². The molecule has 0 heterocycles. The van der Waals surface area contributed by atoms with E-state index in [1.807, 2.05) is 4.72 Å². The fourth-order valence-corrected chi connectivity index (χ4v) is 0.943. The number of nitrogens with two attached hydrogens (primary N) is 1. The van der Waals surface area contributed by atoms with Crippen LogP contribution >= 0.6 is 0 Å². The minimum Gasteiger partial charge on any atom is -0.334 e. The van der Waals surface area contributed by atoms with Crippen LogP contribution < -0.4 is 10.5 Å². The summed E-state index contributed by atoms with van der Waals surface area (Å²) < 4.78 is 26.4. The zero-order chi connectivity index (χ0) is 8.20. The summed E-state index contributed by atoms with van der Waals surface area (Å²) in [6.07, 6.45) is -1.35. The van der Waals surface area contributed by atoms with E-state index in [9.17, 15) is 13.2 Å². The van der Waals surface area contributed by atoms with Crippen molar-refractivity contribution in [1.29, 1.82) is 0 Å². The third-order valence-electron chi connectivity index (χ3n) is 0.513. The molecule has 7 heteroatoms. The minimum atomic E-state index is -3.96. The zero-order valence-electron chi connectivity index (χ0n) is 5.33. The lowest BCUT2D eigenvalue weighted by molar-refractivity contribution is 0.212. The molecule has 0 rings (SSSR count). The summed E-state index contributed by atoms with van der Waals surface area (Å²) in [4.78, 5) is 9.87. The maximum absolute atomic E-state index is 10.4. The fraction of sp³-hybridized carbons (Fsp3) is 0.667. The highest BCUT2D eigenvalue weighted by atomic mass is 32.2. The first-order valence-corrected chi connectivity index (χ1v) is 3.87. The van der Waals surface area contributed by atoms with Crippen molar-refractivity contribution in [3.63, 3.8) is 0 Å². The van der Waals surface area contributed by atoms with Crippen molar-refractivity contribution in [3.8, 4) is 0 Å². The summed E-state index contributed by atoms with van der Waals surface area (Å²) >= 11 is 0. The van der Waals surface area contributed by atoms with Gasteiger partial charge in [0, 0.05) is 6.54 Å². The van der Waals surface area contributed by atoms with Crippen LogP contribution in [-0.2, 0) is 14.5 Å². The molecule has 0 spiro atoms. The summed E-state index contributed by atoms with van der Waals surface area (Å²) in [5, 5.41) is 0. The SMILES string of the molecule is CCNS(=O)(=O)OC(N)=O. The van der Waals surface area contributed by atoms with Crippen LogP contribution in [0.3, 0.4) is 0 Å². The molecule has 6 nitrogen and oxygen atoms in total. The highest BCUT2D eigenvalue weighted by Gasteiger charge is 2.11. The molecule has 3 N–H and O–H groups in total. The Morgan fingerprint density at radius 3 is 2.50 bits per heavy atom. The number of hydrogen-bond acceptors (Lipinski definition) is 4. The number of rotatable bonds is 3. The zero-order valence-corrected chi connectivity index (χ0v) is 6.14. The maximum Gasteiger partial charge on any atom is 0.421 e. The first-order valence-electron chi connectivity index (χ1n) is 2.46. The maximum atomic E-state index is 10.4. The normalized spacial score (nSPS) is 10.9. The number of carbonyl (C=O) groups is 1. The van der Waals surface area contributed by atoms with Gasteiger partial charge in [-0.25, -0.2) is 4.79 Å². The Labute approximate surface area is 58.6 Å². The van der Waals surface area contributed by atoms with Crippen LogP contribution in [0.5, 0.6) is 0 Å². The lowest BCUT2D eigenvalue weighted by Gasteiger charge is -2.00. The summed E-state index contributed by atoms with van der Waals surface area (Å²) in [5.74, 6) is 0. The molecule has 0 saturated carbocycles. The van der Waals surface area contributed by atoms with E-state index in [-0.39, 0.29) is 6.54 Å². The molecule has 0 aromatic heterocycles. The highest BCUT2D eigenvalue weighted by Crippen LogP contribution is 1.84. The predicted molar refractivity (Wildman–Crippen MR) is 33.3 cm³/mol. The molecule has 0 aliphatic heterocycles. The Morgan fingerprint density at radius 2 is 2.20 bits per heavy atom. The number of primary amides is 1. The molecule has 0 bridgehead atoms. The van der Waals surface area contributed by atoms with Crippen molar-refractivity contribution in [1.82, 2.24) is 4.72 Å². The van der Waals surface area contributed by atoms with Crippen LogP contribution in [-0.4, -0.2) is 21.1 Å². The Morgan fingerprint density at radius 1 is 1.70 bits per heavy atom. The molecule has 60 valence electrons.